The van der Waals surface area contributed by atoms with Crippen LogP contribution < -0.4 is 9.47 Å². The molecule has 0 bridgehead atoms. The van der Waals surface area contributed by atoms with E-state index in [0.717, 1.165) is 12.9 Å². The Morgan fingerprint density at radius 2 is 2.08 bits per heavy atom. The third-order valence-corrected chi connectivity index (χ3v) is 3.30. The minimum atomic E-state index is -0.820. The Morgan fingerprint density at radius 3 is 2.62 bits per heavy atom. The Morgan fingerprint density at radius 1 is 1.38 bits per heavy atom. The fourth-order valence-corrected chi connectivity index (χ4v) is 2.90. The van der Waals surface area contributed by atoms with E-state index in [1.165, 1.54) is 0 Å². The molecule has 1 aromatic rings. The smallest absolute Gasteiger partial charge is 0.228 e. The summed E-state index contributed by atoms with van der Waals surface area (Å²) in [6, 6.07) is 3.55. The van der Waals surface area contributed by atoms with Crippen molar-refractivity contribution in [3.8, 4) is 11.5 Å². The molecule has 0 amide bonds. The van der Waals surface area contributed by atoms with Gasteiger partial charge in [0.1, 0.15) is 11.5 Å². The number of methoxy groups -OCH3 is 1. The van der Waals surface area contributed by atoms with Crippen molar-refractivity contribution in [2.24, 2.45) is 0 Å². The molecule has 0 aliphatic heterocycles. The first kappa shape index (κ1) is 11.3. The van der Waals surface area contributed by atoms with Crippen molar-refractivity contribution < 1.29 is 13.9 Å². The van der Waals surface area contributed by atoms with Crippen LogP contribution in [0.5, 0.6) is 11.5 Å². The van der Waals surface area contributed by atoms with Crippen molar-refractivity contribution in [3.63, 3.8) is 0 Å². The van der Waals surface area contributed by atoms with Crippen molar-refractivity contribution in [2.75, 3.05) is 14.0 Å². The van der Waals surface area contributed by atoms with E-state index < -0.39 is 6.86 Å². The van der Waals surface area contributed by atoms with E-state index in [2.05, 4.69) is 45.2 Å². The van der Waals surface area contributed by atoms with Gasteiger partial charge < -0.3 is 9.47 Å². The molecule has 0 fully saturated rings. The summed E-state index contributed by atoms with van der Waals surface area (Å²) in [7, 11) is 1.58. The molecule has 0 heterocycles. The van der Waals surface area contributed by atoms with Crippen LogP contribution in [-0.4, -0.2) is 14.0 Å². The molecule has 0 aliphatic carbocycles. The third-order valence-electron chi connectivity index (χ3n) is 1.43. The number of ether oxygens (including phenoxy) is 2. The van der Waals surface area contributed by atoms with Gasteiger partial charge in [-0.25, -0.2) is 4.39 Å². The average Bonchev–Trinajstić information content (AvgIpc) is 2.11. The Labute approximate surface area is 103 Å². The molecule has 0 unspecified atom stereocenters. The molecule has 0 saturated heterocycles. The van der Waals surface area contributed by atoms with E-state index in [9.17, 15) is 4.39 Å². The number of benzene rings is 1. The molecule has 0 aliphatic rings. The summed E-state index contributed by atoms with van der Waals surface area (Å²) in [6.07, 6.45) is 0. The van der Waals surface area contributed by atoms with Crippen LogP contribution in [0.3, 0.4) is 0 Å². The van der Waals surface area contributed by atoms with Gasteiger partial charge in [0, 0.05) is 0 Å². The summed E-state index contributed by atoms with van der Waals surface area (Å²) in [5, 5.41) is 0. The largest absolute Gasteiger partial charge is 0.494 e. The molecule has 13 heavy (non-hydrogen) atoms. The monoisotopic (exact) mass is 408 g/mol. The van der Waals surface area contributed by atoms with Crippen molar-refractivity contribution in [1.82, 2.24) is 0 Å². The molecular formula is C8H7FI2O2. The van der Waals surface area contributed by atoms with E-state index in [1.807, 2.05) is 6.07 Å². The van der Waals surface area contributed by atoms with Crippen molar-refractivity contribution in [2.45, 2.75) is 0 Å². The summed E-state index contributed by atoms with van der Waals surface area (Å²) < 4.78 is 23.6. The third kappa shape index (κ3) is 2.58. The summed E-state index contributed by atoms with van der Waals surface area (Å²) in [4.78, 5) is 0. The molecule has 2 nitrogen and oxygen atoms in total. The van der Waals surface area contributed by atoms with Crippen LogP contribution in [0.4, 0.5) is 4.39 Å². The second-order valence-electron chi connectivity index (χ2n) is 2.15. The van der Waals surface area contributed by atoms with Crippen LogP contribution >= 0.6 is 45.2 Å². The van der Waals surface area contributed by atoms with Gasteiger partial charge in [0.05, 0.1) is 14.3 Å². The van der Waals surface area contributed by atoms with Crippen LogP contribution in [-0.2, 0) is 0 Å². The SMILES string of the molecule is COc1c(I)ccc(OCF)c1I. The summed E-state index contributed by atoms with van der Waals surface area (Å²) in [6.45, 7) is -0.820. The lowest BCUT2D eigenvalue weighted by atomic mass is 10.3. The molecule has 0 aromatic heterocycles. The van der Waals surface area contributed by atoms with Gasteiger partial charge >= 0.3 is 0 Å². The number of alkyl halides is 1. The molecule has 0 spiro atoms. The number of halogens is 3. The van der Waals surface area contributed by atoms with Gasteiger partial charge in [-0.1, -0.05) is 0 Å². The molecular weight excluding hydrogens is 401 g/mol. The van der Waals surface area contributed by atoms with Gasteiger partial charge in [-0.15, -0.1) is 0 Å². The molecule has 1 rings (SSSR count). The average molecular weight is 408 g/mol. The molecule has 0 saturated carbocycles. The van der Waals surface area contributed by atoms with Crippen LogP contribution in [0.25, 0.3) is 0 Å². The molecule has 72 valence electrons. The minimum Gasteiger partial charge on any atom is -0.494 e. The summed E-state index contributed by atoms with van der Waals surface area (Å²) in [5.41, 5.74) is 0. The quantitative estimate of drug-likeness (QED) is 0.716. The van der Waals surface area contributed by atoms with Gasteiger partial charge in [-0.05, 0) is 57.3 Å². The molecule has 0 atom stereocenters. The van der Waals surface area contributed by atoms with Crippen LogP contribution in [0.1, 0.15) is 0 Å². The van der Waals surface area contributed by atoms with Gasteiger partial charge in [0.15, 0.2) is 0 Å². The molecule has 0 N–H and O–H groups in total. The first-order valence-electron chi connectivity index (χ1n) is 3.41. The highest BCUT2D eigenvalue weighted by atomic mass is 127. The fraction of sp³-hybridized carbons (Fsp3) is 0.250. The lowest BCUT2D eigenvalue weighted by molar-refractivity contribution is 0.189. The fourth-order valence-electron chi connectivity index (χ4n) is 0.872. The Hall–Kier alpha value is 0.210. The zero-order chi connectivity index (χ0) is 9.84. The summed E-state index contributed by atoms with van der Waals surface area (Å²) in [5.74, 6) is 1.24. The first-order valence-corrected chi connectivity index (χ1v) is 5.57. The Bertz CT molecular complexity index is 304. The Balaban J connectivity index is 3.11. The zero-order valence-corrected chi connectivity index (χ0v) is 11.1. The Kier molecular flexibility index (Phi) is 4.50. The maximum absolute atomic E-state index is 11.9. The maximum Gasteiger partial charge on any atom is 0.228 e. The van der Waals surface area contributed by atoms with Crippen molar-refractivity contribution in [1.29, 1.82) is 0 Å². The number of rotatable bonds is 3. The highest BCUT2D eigenvalue weighted by Crippen LogP contribution is 2.34. The van der Waals surface area contributed by atoms with Crippen LogP contribution in [0, 0.1) is 7.14 Å². The molecule has 1 aromatic carbocycles. The molecule has 5 heteroatoms. The van der Waals surface area contributed by atoms with Gasteiger partial charge in [-0.3, -0.25) is 0 Å². The highest BCUT2D eigenvalue weighted by Gasteiger charge is 2.10. The van der Waals surface area contributed by atoms with Gasteiger partial charge in [0.2, 0.25) is 6.86 Å². The summed E-state index contributed by atoms with van der Waals surface area (Å²) >= 11 is 4.22. The predicted molar refractivity (Wildman–Crippen MR) is 65.0 cm³/mol. The van der Waals surface area contributed by atoms with Gasteiger partial charge in [0.25, 0.3) is 0 Å². The maximum atomic E-state index is 11.9. The van der Waals surface area contributed by atoms with Crippen LogP contribution in [0.15, 0.2) is 12.1 Å². The second kappa shape index (κ2) is 5.18. The predicted octanol–water partition coefficient (Wildman–Crippen LogP) is 3.21. The standard InChI is InChI=1S/C8H7FI2O2/c1-12-8-5(10)2-3-6(7(8)11)13-4-9/h2-3H,4H2,1H3. The second-order valence-corrected chi connectivity index (χ2v) is 4.39. The van der Waals surface area contributed by atoms with E-state index in [-0.39, 0.29) is 0 Å². The zero-order valence-electron chi connectivity index (χ0n) is 6.81. The molecule has 0 radical (unpaired) electrons. The number of hydrogen-bond donors (Lipinski definition) is 0. The van der Waals surface area contributed by atoms with Crippen molar-refractivity contribution >= 4 is 45.2 Å². The normalized spacial score (nSPS) is 9.85. The first-order chi connectivity index (χ1) is 6.20. The van der Waals surface area contributed by atoms with Crippen LogP contribution in [0.2, 0.25) is 0 Å². The van der Waals surface area contributed by atoms with E-state index >= 15 is 0 Å². The van der Waals surface area contributed by atoms with E-state index in [0.29, 0.717) is 5.75 Å². The lowest BCUT2D eigenvalue weighted by Crippen LogP contribution is -1.97. The lowest BCUT2D eigenvalue weighted by Gasteiger charge is -2.09. The van der Waals surface area contributed by atoms with Crippen molar-refractivity contribution in [3.05, 3.63) is 19.3 Å². The topological polar surface area (TPSA) is 18.5 Å². The number of hydrogen-bond acceptors (Lipinski definition) is 2. The van der Waals surface area contributed by atoms with E-state index in [4.69, 9.17) is 9.47 Å². The minimum absolute atomic E-state index is 0.514. The van der Waals surface area contributed by atoms with Gasteiger partial charge in [-0.2, -0.15) is 0 Å². The highest BCUT2D eigenvalue weighted by molar-refractivity contribution is 14.1. The van der Waals surface area contributed by atoms with E-state index in [1.54, 1.807) is 13.2 Å².